The van der Waals surface area contributed by atoms with Crippen LogP contribution in [0.4, 0.5) is 17.2 Å². The first-order valence-corrected chi connectivity index (χ1v) is 11.4. The van der Waals surface area contributed by atoms with Crippen LogP contribution in [0.1, 0.15) is 21.5 Å². The van der Waals surface area contributed by atoms with Crippen LogP contribution in [0.5, 0.6) is 0 Å². The number of hydrogen-bond acceptors (Lipinski definition) is 7. The van der Waals surface area contributed by atoms with E-state index in [1.54, 1.807) is 6.33 Å². The van der Waals surface area contributed by atoms with E-state index in [9.17, 15) is 4.79 Å². The van der Waals surface area contributed by atoms with Gasteiger partial charge in [0.1, 0.15) is 11.8 Å². The molecular weight excluding hydrogens is 430 g/mol. The number of fused-ring (bicyclic) bond motifs is 1. The van der Waals surface area contributed by atoms with Crippen molar-refractivity contribution in [2.75, 3.05) is 43.5 Å². The van der Waals surface area contributed by atoms with E-state index in [0.29, 0.717) is 22.5 Å². The Morgan fingerprint density at radius 2 is 1.91 bits per heavy atom. The van der Waals surface area contributed by atoms with Crippen molar-refractivity contribution in [2.24, 2.45) is 0 Å². The number of hydrogen-bond donors (Lipinski definition) is 3. The first-order valence-electron chi connectivity index (χ1n) is 11.4. The zero-order valence-electron chi connectivity index (χ0n) is 19.0. The molecule has 34 heavy (non-hydrogen) atoms. The molecule has 2 aromatic heterocycles. The van der Waals surface area contributed by atoms with Crippen LogP contribution in [0.2, 0.25) is 0 Å². The first kappa shape index (κ1) is 22.0. The first-order chi connectivity index (χ1) is 16.7. The molecule has 0 radical (unpaired) electrons. The van der Waals surface area contributed by atoms with Gasteiger partial charge in [-0.3, -0.25) is 9.69 Å². The molecule has 0 atom stereocenters. The van der Waals surface area contributed by atoms with Gasteiger partial charge in [-0.1, -0.05) is 18.2 Å². The largest absolute Gasteiger partial charge is 0.379 e. The molecule has 3 heterocycles. The Hall–Kier alpha value is -3.82. The lowest BCUT2D eigenvalue weighted by Crippen LogP contribution is -2.37. The number of carbonyl (C=O) groups excluding carboxylic acids is 1. The number of aromatic amines is 1. The number of H-pyrrole nitrogens is 1. The number of nitrogens with one attached hydrogen (secondary N) is 3. The molecule has 1 aliphatic heterocycles. The summed E-state index contributed by atoms with van der Waals surface area (Å²) >= 11 is 0. The number of carbonyl (C=O) groups is 1. The topological polar surface area (TPSA) is 108 Å². The Kier molecular flexibility index (Phi) is 6.46. The summed E-state index contributed by atoms with van der Waals surface area (Å²) < 4.78 is 5.40. The summed E-state index contributed by atoms with van der Waals surface area (Å²) in [5.41, 5.74) is 5.65. The molecule has 0 saturated carbocycles. The van der Waals surface area contributed by atoms with E-state index >= 15 is 0 Å². The summed E-state index contributed by atoms with van der Waals surface area (Å²) in [5.74, 6) is 0.439. The molecule has 1 aliphatic rings. The molecule has 4 aromatic rings. The predicted octanol–water partition coefficient (Wildman–Crippen LogP) is 3.53. The highest BCUT2D eigenvalue weighted by Crippen LogP contribution is 2.24. The van der Waals surface area contributed by atoms with Crippen molar-refractivity contribution in [3.8, 4) is 0 Å². The summed E-state index contributed by atoms with van der Waals surface area (Å²) in [7, 11) is 0. The van der Waals surface area contributed by atoms with Gasteiger partial charge in [0.2, 0.25) is 0 Å². The molecule has 1 fully saturated rings. The van der Waals surface area contributed by atoms with Crippen molar-refractivity contribution in [1.29, 1.82) is 0 Å². The van der Waals surface area contributed by atoms with Gasteiger partial charge in [-0.15, -0.1) is 0 Å². The van der Waals surface area contributed by atoms with Crippen LogP contribution in [0.3, 0.4) is 0 Å². The van der Waals surface area contributed by atoms with Gasteiger partial charge >= 0.3 is 0 Å². The predicted molar refractivity (Wildman–Crippen MR) is 132 cm³/mol. The second kappa shape index (κ2) is 9.98. The van der Waals surface area contributed by atoms with Gasteiger partial charge in [0.15, 0.2) is 11.5 Å². The fraction of sp³-hybridized carbons (Fsp3) is 0.280. The normalized spacial score (nSPS) is 14.3. The van der Waals surface area contributed by atoms with Gasteiger partial charge < -0.3 is 20.4 Å². The van der Waals surface area contributed by atoms with Crippen molar-refractivity contribution < 1.29 is 9.53 Å². The molecule has 3 N–H and O–H groups in total. The Labute approximate surface area is 197 Å². The lowest BCUT2D eigenvalue weighted by Gasteiger charge is -2.26. The van der Waals surface area contributed by atoms with E-state index < -0.39 is 0 Å². The molecule has 0 aliphatic carbocycles. The van der Waals surface area contributed by atoms with Crippen LogP contribution >= 0.6 is 0 Å². The molecule has 1 saturated heterocycles. The lowest BCUT2D eigenvalue weighted by molar-refractivity contribution is 0.0384. The molecule has 2 aromatic carbocycles. The minimum Gasteiger partial charge on any atom is -0.379 e. The summed E-state index contributed by atoms with van der Waals surface area (Å²) in [6.07, 6.45) is 4.02. The summed E-state index contributed by atoms with van der Waals surface area (Å²) in [6, 6.07) is 13.6. The number of benzene rings is 2. The minimum atomic E-state index is -0.168. The van der Waals surface area contributed by atoms with E-state index in [4.69, 9.17) is 4.74 Å². The van der Waals surface area contributed by atoms with Crippen molar-refractivity contribution >= 4 is 34.3 Å². The third-order valence-corrected chi connectivity index (χ3v) is 6.01. The van der Waals surface area contributed by atoms with Crippen LogP contribution in [0.15, 0.2) is 55.1 Å². The molecule has 0 spiro atoms. The molecule has 0 bridgehead atoms. The second-order valence-corrected chi connectivity index (χ2v) is 8.33. The van der Waals surface area contributed by atoms with Crippen LogP contribution in [-0.4, -0.2) is 63.6 Å². The second-order valence-electron chi connectivity index (χ2n) is 8.33. The van der Waals surface area contributed by atoms with Gasteiger partial charge in [-0.2, -0.15) is 0 Å². The maximum Gasteiger partial charge on any atom is 0.255 e. The van der Waals surface area contributed by atoms with E-state index in [-0.39, 0.29) is 5.91 Å². The highest BCUT2D eigenvalue weighted by molar-refractivity contribution is 6.05. The van der Waals surface area contributed by atoms with E-state index in [0.717, 1.165) is 56.2 Å². The van der Waals surface area contributed by atoms with Crippen molar-refractivity contribution in [3.63, 3.8) is 0 Å². The number of ether oxygens (including phenoxy) is 1. The van der Waals surface area contributed by atoms with Gasteiger partial charge in [-0.25, -0.2) is 15.0 Å². The Balaban J connectivity index is 1.23. The van der Waals surface area contributed by atoms with Crippen molar-refractivity contribution in [2.45, 2.75) is 13.3 Å². The number of rotatable bonds is 7. The number of morpholine rings is 1. The fourth-order valence-electron chi connectivity index (χ4n) is 3.96. The molecule has 1 amide bonds. The number of anilines is 3. The maximum absolute atomic E-state index is 12.9. The van der Waals surface area contributed by atoms with Crippen LogP contribution < -0.4 is 10.6 Å². The number of imidazole rings is 1. The standard InChI is InChI=1S/C25H27N7O2/c1-17-2-5-19(14-21(17)31-24-22-23(27-15-26-22)28-16-29-24)25(33)30-20-6-3-18(4-7-20)8-9-32-10-12-34-13-11-32/h2-7,14-16H,8-13H2,1H3,(H,30,33)(H2,26,27,28,29,31). The number of aromatic nitrogens is 4. The summed E-state index contributed by atoms with van der Waals surface area (Å²) in [4.78, 5) is 31.0. The molecule has 5 rings (SSSR count). The monoisotopic (exact) mass is 457 g/mol. The average Bonchev–Trinajstić information content (AvgIpc) is 3.35. The van der Waals surface area contributed by atoms with Gasteiger partial charge in [0.25, 0.3) is 5.91 Å². The number of nitrogens with zero attached hydrogens (tertiary/aromatic N) is 4. The van der Waals surface area contributed by atoms with Gasteiger partial charge in [0.05, 0.1) is 19.5 Å². The molecule has 174 valence electrons. The van der Waals surface area contributed by atoms with E-state index in [1.807, 2.05) is 37.3 Å². The number of aryl methyl sites for hydroxylation is 1. The third-order valence-electron chi connectivity index (χ3n) is 6.01. The SMILES string of the molecule is Cc1ccc(C(=O)Nc2ccc(CCN3CCOCC3)cc2)cc1Nc1ncnc2nc[nH]c12. The Morgan fingerprint density at radius 1 is 1.09 bits per heavy atom. The summed E-state index contributed by atoms with van der Waals surface area (Å²) in [5, 5.41) is 6.29. The number of amides is 1. The lowest BCUT2D eigenvalue weighted by atomic mass is 10.1. The third kappa shape index (κ3) is 5.05. The maximum atomic E-state index is 12.9. The van der Waals surface area contributed by atoms with Crippen LogP contribution in [0, 0.1) is 6.92 Å². The molecular formula is C25H27N7O2. The van der Waals surface area contributed by atoms with Gasteiger partial charge in [-0.05, 0) is 48.7 Å². The Morgan fingerprint density at radius 3 is 2.74 bits per heavy atom. The van der Waals surface area contributed by atoms with Gasteiger partial charge in [0, 0.05) is 36.6 Å². The van der Waals surface area contributed by atoms with Crippen molar-refractivity contribution in [3.05, 3.63) is 71.8 Å². The fourth-order valence-corrected chi connectivity index (χ4v) is 3.96. The van der Waals surface area contributed by atoms with Crippen molar-refractivity contribution in [1.82, 2.24) is 24.8 Å². The van der Waals surface area contributed by atoms with Crippen LogP contribution in [-0.2, 0) is 11.2 Å². The van der Waals surface area contributed by atoms with Crippen LogP contribution in [0.25, 0.3) is 11.2 Å². The zero-order chi connectivity index (χ0) is 23.3. The average molecular weight is 458 g/mol. The minimum absolute atomic E-state index is 0.168. The molecule has 0 unspecified atom stereocenters. The molecule has 9 heteroatoms. The summed E-state index contributed by atoms with van der Waals surface area (Å²) in [6.45, 7) is 6.61. The highest BCUT2D eigenvalue weighted by atomic mass is 16.5. The quantitative estimate of drug-likeness (QED) is 0.390. The van der Waals surface area contributed by atoms with E-state index in [1.165, 1.54) is 11.9 Å². The smallest absolute Gasteiger partial charge is 0.255 e. The molecule has 9 nitrogen and oxygen atoms in total. The zero-order valence-corrected chi connectivity index (χ0v) is 19.0. The van der Waals surface area contributed by atoms with E-state index in [2.05, 4.69) is 47.6 Å². The Bertz CT molecular complexity index is 1280. The highest BCUT2D eigenvalue weighted by Gasteiger charge is 2.13.